The van der Waals surface area contributed by atoms with Gasteiger partial charge in [0.25, 0.3) is 0 Å². The fourth-order valence-electron chi connectivity index (χ4n) is 3.98. The van der Waals surface area contributed by atoms with E-state index < -0.39 is 27.2 Å². The number of aromatic nitrogens is 2. The molecule has 0 radical (unpaired) electrons. The number of fused-ring (bicyclic) bond motifs is 1. The van der Waals surface area contributed by atoms with Crippen molar-refractivity contribution in [3.63, 3.8) is 0 Å². The summed E-state index contributed by atoms with van der Waals surface area (Å²) in [7, 11) is -2.16. The molecule has 0 amide bonds. The maximum absolute atomic E-state index is 13.6. The van der Waals surface area contributed by atoms with Crippen LogP contribution in [0.3, 0.4) is 0 Å². The van der Waals surface area contributed by atoms with Crippen LogP contribution >= 0.6 is 0 Å². The van der Waals surface area contributed by atoms with Gasteiger partial charge >= 0.3 is 6.18 Å². The number of nitrogens with zero attached hydrogens (tertiary/aromatic N) is 2. The van der Waals surface area contributed by atoms with Gasteiger partial charge in [0.1, 0.15) is 5.75 Å². The summed E-state index contributed by atoms with van der Waals surface area (Å²) in [5.41, 5.74) is 0.369. The molecule has 0 aliphatic carbocycles. The first kappa shape index (κ1) is 27.5. The number of methoxy groups -OCH3 is 1. The highest BCUT2D eigenvalue weighted by molar-refractivity contribution is 7.91. The van der Waals surface area contributed by atoms with Crippen molar-refractivity contribution in [2.75, 3.05) is 12.9 Å². The molecule has 6 nitrogen and oxygen atoms in total. The number of sulfone groups is 1. The minimum atomic E-state index is -4.54. The van der Waals surface area contributed by atoms with Crippen LogP contribution in [0.25, 0.3) is 22.0 Å². The molecule has 0 aliphatic heterocycles. The fraction of sp³-hybridized carbons (Fsp3) is 0.286. The van der Waals surface area contributed by atoms with Crippen LogP contribution in [-0.2, 0) is 20.8 Å². The van der Waals surface area contributed by atoms with Crippen molar-refractivity contribution in [3.05, 3.63) is 78.0 Å². The van der Waals surface area contributed by atoms with Gasteiger partial charge in [0.05, 0.1) is 22.4 Å². The number of alkyl halides is 3. The zero-order chi connectivity index (χ0) is 27.7. The second kappa shape index (κ2) is 10.3. The van der Waals surface area contributed by atoms with E-state index in [0.29, 0.717) is 27.8 Å². The Morgan fingerprint density at radius 2 is 1.68 bits per heavy atom. The molecule has 38 heavy (non-hydrogen) atoms. The van der Waals surface area contributed by atoms with Gasteiger partial charge in [-0.25, -0.2) is 13.4 Å². The Kier molecular flexibility index (Phi) is 7.49. The Labute approximate surface area is 219 Å². The van der Waals surface area contributed by atoms with E-state index in [9.17, 15) is 21.6 Å². The normalized spacial score (nSPS) is 12.6. The molecule has 200 valence electrons. The second-order valence-corrected chi connectivity index (χ2v) is 11.5. The number of pyridine rings is 2. The summed E-state index contributed by atoms with van der Waals surface area (Å²) in [5, 5.41) is 0.246. The van der Waals surface area contributed by atoms with Gasteiger partial charge in [-0.15, -0.1) is 0 Å². The minimum absolute atomic E-state index is 0.0740. The number of hydrogen-bond acceptors (Lipinski definition) is 6. The summed E-state index contributed by atoms with van der Waals surface area (Å²) in [6.45, 7) is 5.39. The van der Waals surface area contributed by atoms with E-state index in [0.717, 1.165) is 6.07 Å². The summed E-state index contributed by atoms with van der Waals surface area (Å²) in [6, 6.07) is 15.3. The molecule has 0 unspecified atom stereocenters. The molecule has 0 bridgehead atoms. The molecular weight excluding hydrogens is 517 g/mol. The predicted molar refractivity (Wildman–Crippen MR) is 139 cm³/mol. The van der Waals surface area contributed by atoms with Gasteiger partial charge < -0.3 is 9.47 Å². The first-order chi connectivity index (χ1) is 17.8. The molecule has 0 aliphatic rings. The topological polar surface area (TPSA) is 78.4 Å². The van der Waals surface area contributed by atoms with Crippen molar-refractivity contribution in [2.45, 2.75) is 44.0 Å². The van der Waals surface area contributed by atoms with Gasteiger partial charge in [0.2, 0.25) is 5.88 Å². The quantitative estimate of drug-likeness (QED) is 0.238. The maximum Gasteiger partial charge on any atom is 0.418 e. The number of halogens is 3. The molecule has 10 heteroatoms. The van der Waals surface area contributed by atoms with Crippen LogP contribution in [0.5, 0.6) is 11.6 Å². The van der Waals surface area contributed by atoms with Gasteiger partial charge in [0, 0.05) is 24.8 Å². The summed E-state index contributed by atoms with van der Waals surface area (Å²) in [6.07, 6.45) is -2.84. The van der Waals surface area contributed by atoms with Crippen molar-refractivity contribution in [2.24, 2.45) is 0 Å². The monoisotopic (exact) mass is 544 g/mol. The third-order valence-corrected chi connectivity index (χ3v) is 7.89. The zero-order valence-electron chi connectivity index (χ0n) is 21.3. The van der Waals surface area contributed by atoms with Crippen molar-refractivity contribution < 1.29 is 31.1 Å². The van der Waals surface area contributed by atoms with Crippen molar-refractivity contribution in [1.82, 2.24) is 9.97 Å². The average molecular weight is 545 g/mol. The highest BCUT2D eigenvalue weighted by Gasteiger charge is 2.33. The lowest BCUT2D eigenvalue weighted by Gasteiger charge is -2.22. The SMILES string of the molecule is COC(C)(C)CCS(=O)(=O)c1cccc(Oc2cccc(-c3c(C)cnc4c(C(F)(F)F)cccc34)c2)n1. The van der Waals surface area contributed by atoms with E-state index in [4.69, 9.17) is 9.47 Å². The second-order valence-electron chi connectivity index (χ2n) is 9.49. The number of rotatable bonds is 8. The van der Waals surface area contributed by atoms with Gasteiger partial charge in [-0.3, -0.25) is 4.98 Å². The minimum Gasteiger partial charge on any atom is -0.439 e. The predicted octanol–water partition coefficient (Wildman–Crippen LogP) is 7.01. The standard InChI is InChI=1S/C28H27F3N2O4S/c1-18-17-32-26-21(10-6-11-22(26)28(29,30)31)25(18)19-8-5-9-20(16-19)37-23-12-7-13-24(33-23)38(34,35)15-14-27(2,3)36-4/h5-13,16-17H,14-15H2,1-4H3. The molecule has 0 saturated heterocycles. The largest absolute Gasteiger partial charge is 0.439 e. The molecule has 4 rings (SSSR count). The van der Waals surface area contributed by atoms with E-state index in [1.165, 1.54) is 31.5 Å². The molecule has 2 aromatic carbocycles. The fourth-order valence-corrected chi connectivity index (χ4v) is 5.47. The first-order valence-corrected chi connectivity index (χ1v) is 13.4. The number of aryl methyl sites for hydroxylation is 1. The maximum atomic E-state index is 13.6. The summed E-state index contributed by atoms with van der Waals surface area (Å²) in [4.78, 5) is 8.25. The third kappa shape index (κ3) is 5.97. The van der Waals surface area contributed by atoms with Gasteiger partial charge in [-0.1, -0.05) is 30.3 Å². The summed E-state index contributed by atoms with van der Waals surface area (Å²) in [5.74, 6) is 0.278. The Balaban J connectivity index is 1.67. The third-order valence-electron chi connectivity index (χ3n) is 6.28. The molecule has 0 spiro atoms. The Hall–Kier alpha value is -3.50. The highest BCUT2D eigenvalue weighted by atomic mass is 32.2. The number of hydrogen-bond donors (Lipinski definition) is 0. The van der Waals surface area contributed by atoms with Crippen LogP contribution in [0.4, 0.5) is 13.2 Å². The van der Waals surface area contributed by atoms with Crippen molar-refractivity contribution in [3.8, 4) is 22.8 Å². The van der Waals surface area contributed by atoms with Gasteiger partial charge in [-0.05, 0) is 68.1 Å². The van der Waals surface area contributed by atoms with Crippen LogP contribution in [0.2, 0.25) is 0 Å². The number of para-hydroxylation sites is 1. The average Bonchev–Trinajstić information content (AvgIpc) is 2.87. The smallest absolute Gasteiger partial charge is 0.418 e. The van der Waals surface area contributed by atoms with Crippen molar-refractivity contribution >= 4 is 20.7 Å². The van der Waals surface area contributed by atoms with Crippen LogP contribution in [0, 0.1) is 6.92 Å². The Morgan fingerprint density at radius 1 is 0.974 bits per heavy atom. The van der Waals surface area contributed by atoms with Crippen LogP contribution < -0.4 is 4.74 Å². The van der Waals surface area contributed by atoms with Crippen molar-refractivity contribution in [1.29, 1.82) is 0 Å². The van der Waals surface area contributed by atoms with E-state index >= 15 is 0 Å². The first-order valence-electron chi connectivity index (χ1n) is 11.8. The molecular formula is C28H27F3N2O4S. The zero-order valence-corrected chi connectivity index (χ0v) is 22.2. The summed E-state index contributed by atoms with van der Waals surface area (Å²) >= 11 is 0. The molecule has 4 aromatic rings. The molecule has 0 saturated carbocycles. The lowest BCUT2D eigenvalue weighted by molar-refractivity contribution is -0.136. The van der Waals surface area contributed by atoms with Crippen LogP contribution in [0.15, 0.2) is 71.9 Å². The molecule has 0 atom stereocenters. The van der Waals surface area contributed by atoms with E-state index in [1.807, 2.05) is 0 Å². The van der Waals surface area contributed by atoms with Gasteiger partial charge in [-0.2, -0.15) is 13.2 Å². The molecule has 0 fully saturated rings. The van der Waals surface area contributed by atoms with Gasteiger partial charge in [0.15, 0.2) is 14.9 Å². The summed E-state index contributed by atoms with van der Waals surface area (Å²) < 4.78 is 77.6. The number of benzene rings is 2. The molecule has 0 N–H and O–H groups in total. The van der Waals surface area contributed by atoms with Crippen LogP contribution in [-0.4, -0.2) is 36.8 Å². The highest BCUT2D eigenvalue weighted by Crippen LogP contribution is 2.39. The van der Waals surface area contributed by atoms with E-state index in [2.05, 4.69) is 9.97 Å². The Bertz CT molecular complexity index is 1590. The van der Waals surface area contributed by atoms with Crippen LogP contribution in [0.1, 0.15) is 31.4 Å². The molecule has 2 heterocycles. The van der Waals surface area contributed by atoms with E-state index in [-0.39, 0.29) is 28.6 Å². The van der Waals surface area contributed by atoms with E-state index in [1.54, 1.807) is 57.2 Å². The molecule has 2 aromatic heterocycles. The lowest BCUT2D eigenvalue weighted by atomic mass is 9.95. The lowest BCUT2D eigenvalue weighted by Crippen LogP contribution is -2.26. The number of ether oxygens (including phenoxy) is 2. The Morgan fingerprint density at radius 3 is 2.39 bits per heavy atom.